The van der Waals surface area contributed by atoms with Crippen LogP contribution in [0.4, 0.5) is 13.2 Å². The van der Waals surface area contributed by atoms with Crippen molar-refractivity contribution >= 4 is 5.97 Å². The second kappa shape index (κ2) is 4.83. The van der Waals surface area contributed by atoms with Crippen molar-refractivity contribution in [1.82, 2.24) is 5.32 Å². The third-order valence-corrected chi connectivity index (χ3v) is 2.44. The zero-order valence-electron chi connectivity index (χ0n) is 8.43. The molecule has 1 aliphatic rings. The molecule has 0 radical (unpaired) electrons. The summed E-state index contributed by atoms with van der Waals surface area (Å²) in [5, 5.41) is 2.73. The van der Waals surface area contributed by atoms with Gasteiger partial charge in [0.1, 0.15) is 6.04 Å². The van der Waals surface area contributed by atoms with Gasteiger partial charge < -0.3 is 10.1 Å². The predicted molar refractivity (Wildman–Crippen MR) is 47.2 cm³/mol. The molecule has 1 heterocycles. The summed E-state index contributed by atoms with van der Waals surface area (Å²) in [5.41, 5.74) is 0. The summed E-state index contributed by atoms with van der Waals surface area (Å²) in [7, 11) is 0. The molecule has 88 valence electrons. The Morgan fingerprint density at radius 1 is 1.53 bits per heavy atom. The van der Waals surface area contributed by atoms with E-state index < -0.39 is 24.1 Å². The van der Waals surface area contributed by atoms with Gasteiger partial charge in [-0.15, -0.1) is 0 Å². The van der Waals surface area contributed by atoms with E-state index >= 15 is 0 Å². The van der Waals surface area contributed by atoms with Gasteiger partial charge in [0.15, 0.2) is 0 Å². The van der Waals surface area contributed by atoms with Gasteiger partial charge in [0.2, 0.25) is 0 Å². The molecule has 0 aromatic carbocycles. The van der Waals surface area contributed by atoms with Crippen molar-refractivity contribution in [3.05, 3.63) is 0 Å². The van der Waals surface area contributed by atoms with E-state index in [0.717, 1.165) is 0 Å². The van der Waals surface area contributed by atoms with E-state index in [-0.39, 0.29) is 26.0 Å². The zero-order chi connectivity index (χ0) is 11.5. The van der Waals surface area contributed by atoms with Gasteiger partial charge in [-0.2, -0.15) is 13.2 Å². The SMILES string of the molecule is CCOC(=O)[C@@H]1C[C@@H](C(F)(F)F)CCN1. The first-order valence-corrected chi connectivity index (χ1v) is 4.92. The highest BCUT2D eigenvalue weighted by Crippen LogP contribution is 2.34. The summed E-state index contributed by atoms with van der Waals surface area (Å²) in [4.78, 5) is 11.2. The van der Waals surface area contributed by atoms with Crippen LogP contribution >= 0.6 is 0 Å². The number of piperidine rings is 1. The minimum absolute atomic E-state index is 0.0272. The van der Waals surface area contributed by atoms with Crippen molar-refractivity contribution in [3.63, 3.8) is 0 Å². The number of hydrogen-bond acceptors (Lipinski definition) is 3. The molecular formula is C9H14F3NO2. The Bertz CT molecular complexity index is 230. The smallest absolute Gasteiger partial charge is 0.391 e. The van der Waals surface area contributed by atoms with Crippen LogP contribution in [0.2, 0.25) is 0 Å². The van der Waals surface area contributed by atoms with Crippen LogP contribution in [0.25, 0.3) is 0 Å². The third kappa shape index (κ3) is 3.37. The van der Waals surface area contributed by atoms with Crippen molar-refractivity contribution in [1.29, 1.82) is 0 Å². The molecule has 1 N–H and O–H groups in total. The number of ether oxygens (including phenoxy) is 1. The number of halogens is 3. The van der Waals surface area contributed by atoms with Gasteiger partial charge in [0.05, 0.1) is 12.5 Å². The number of nitrogens with one attached hydrogen (secondary N) is 1. The van der Waals surface area contributed by atoms with Crippen molar-refractivity contribution in [2.45, 2.75) is 32.0 Å². The van der Waals surface area contributed by atoms with Crippen LogP contribution in [-0.2, 0) is 9.53 Å². The number of alkyl halides is 3. The topological polar surface area (TPSA) is 38.3 Å². The van der Waals surface area contributed by atoms with Gasteiger partial charge in [-0.05, 0) is 26.3 Å². The van der Waals surface area contributed by atoms with Gasteiger partial charge in [-0.25, -0.2) is 0 Å². The molecule has 0 unspecified atom stereocenters. The van der Waals surface area contributed by atoms with E-state index in [1.807, 2.05) is 0 Å². The van der Waals surface area contributed by atoms with Crippen LogP contribution in [0, 0.1) is 5.92 Å². The maximum atomic E-state index is 12.4. The standard InChI is InChI=1S/C9H14F3NO2/c1-2-15-8(14)7-5-6(3-4-13-7)9(10,11)12/h6-7,13H,2-5H2,1H3/t6-,7-/m0/s1. The maximum absolute atomic E-state index is 12.4. The van der Waals surface area contributed by atoms with E-state index in [9.17, 15) is 18.0 Å². The fraction of sp³-hybridized carbons (Fsp3) is 0.889. The summed E-state index contributed by atoms with van der Waals surface area (Å²) in [6.45, 7) is 2.02. The van der Waals surface area contributed by atoms with Gasteiger partial charge in [0, 0.05) is 0 Å². The highest BCUT2D eigenvalue weighted by Gasteiger charge is 2.43. The number of rotatable bonds is 2. The van der Waals surface area contributed by atoms with Crippen molar-refractivity contribution in [2.24, 2.45) is 5.92 Å². The molecule has 0 amide bonds. The molecule has 0 spiro atoms. The fourth-order valence-corrected chi connectivity index (χ4v) is 1.64. The summed E-state index contributed by atoms with van der Waals surface area (Å²) >= 11 is 0. The van der Waals surface area contributed by atoms with Crippen molar-refractivity contribution in [3.8, 4) is 0 Å². The molecule has 1 saturated heterocycles. The normalized spacial score (nSPS) is 27.5. The molecule has 1 aliphatic heterocycles. The van der Waals surface area contributed by atoms with Crippen LogP contribution < -0.4 is 5.32 Å². The summed E-state index contributed by atoms with van der Waals surface area (Å²) in [5.74, 6) is -1.99. The van der Waals surface area contributed by atoms with Crippen LogP contribution in [0.1, 0.15) is 19.8 Å². The second-order valence-corrected chi connectivity index (χ2v) is 3.52. The Kier molecular flexibility index (Phi) is 3.96. The third-order valence-electron chi connectivity index (χ3n) is 2.44. The quantitative estimate of drug-likeness (QED) is 0.723. The second-order valence-electron chi connectivity index (χ2n) is 3.52. The first-order valence-electron chi connectivity index (χ1n) is 4.92. The van der Waals surface area contributed by atoms with Gasteiger partial charge in [0.25, 0.3) is 0 Å². The lowest BCUT2D eigenvalue weighted by Gasteiger charge is -2.30. The number of hydrogen-bond donors (Lipinski definition) is 1. The Balaban J connectivity index is 2.52. The monoisotopic (exact) mass is 225 g/mol. The minimum atomic E-state index is -4.22. The molecule has 6 heteroatoms. The molecule has 2 atom stereocenters. The van der Waals surface area contributed by atoms with E-state index in [0.29, 0.717) is 0 Å². The average Bonchev–Trinajstić information content (AvgIpc) is 2.17. The Morgan fingerprint density at radius 2 is 2.20 bits per heavy atom. The van der Waals surface area contributed by atoms with Gasteiger partial charge in [-0.1, -0.05) is 0 Å². The lowest BCUT2D eigenvalue weighted by Crippen LogP contribution is -2.47. The van der Waals surface area contributed by atoms with Crippen LogP contribution in [0.5, 0.6) is 0 Å². The van der Waals surface area contributed by atoms with Crippen LogP contribution in [0.3, 0.4) is 0 Å². The summed E-state index contributed by atoms with van der Waals surface area (Å²) < 4.78 is 41.8. The van der Waals surface area contributed by atoms with E-state index in [4.69, 9.17) is 0 Å². The predicted octanol–water partition coefficient (Wildman–Crippen LogP) is 1.48. The molecule has 0 saturated carbocycles. The van der Waals surface area contributed by atoms with Crippen molar-refractivity contribution < 1.29 is 22.7 Å². The van der Waals surface area contributed by atoms with Gasteiger partial charge >= 0.3 is 12.1 Å². The molecule has 3 nitrogen and oxygen atoms in total. The first kappa shape index (κ1) is 12.3. The fourth-order valence-electron chi connectivity index (χ4n) is 1.64. The van der Waals surface area contributed by atoms with Crippen LogP contribution in [-0.4, -0.2) is 31.3 Å². The van der Waals surface area contributed by atoms with E-state index in [1.165, 1.54) is 0 Å². The molecule has 0 bridgehead atoms. The Labute approximate surface area is 86.0 Å². The van der Waals surface area contributed by atoms with E-state index in [2.05, 4.69) is 10.1 Å². The molecule has 0 aromatic rings. The van der Waals surface area contributed by atoms with Crippen LogP contribution in [0.15, 0.2) is 0 Å². The average molecular weight is 225 g/mol. The first-order chi connectivity index (χ1) is 6.95. The highest BCUT2D eigenvalue weighted by molar-refractivity contribution is 5.75. The summed E-state index contributed by atoms with van der Waals surface area (Å²) in [6, 6.07) is -0.815. The number of carbonyl (C=O) groups is 1. The largest absolute Gasteiger partial charge is 0.465 e. The zero-order valence-corrected chi connectivity index (χ0v) is 8.43. The molecule has 1 rings (SSSR count). The minimum Gasteiger partial charge on any atom is -0.465 e. The van der Waals surface area contributed by atoms with E-state index in [1.54, 1.807) is 6.92 Å². The lowest BCUT2D eigenvalue weighted by molar-refractivity contribution is -0.185. The Morgan fingerprint density at radius 3 is 2.73 bits per heavy atom. The number of esters is 1. The molecular weight excluding hydrogens is 211 g/mol. The molecule has 15 heavy (non-hydrogen) atoms. The highest BCUT2D eigenvalue weighted by atomic mass is 19.4. The van der Waals surface area contributed by atoms with Crippen molar-refractivity contribution in [2.75, 3.05) is 13.2 Å². The molecule has 1 fully saturated rings. The lowest BCUT2D eigenvalue weighted by atomic mass is 9.92. The molecule has 0 aromatic heterocycles. The summed E-state index contributed by atoms with van der Waals surface area (Å²) in [6.07, 6.45) is -4.41. The molecule has 0 aliphatic carbocycles. The van der Waals surface area contributed by atoms with Gasteiger partial charge in [-0.3, -0.25) is 4.79 Å². The maximum Gasteiger partial charge on any atom is 0.391 e. The number of carbonyl (C=O) groups excluding carboxylic acids is 1. The Hall–Kier alpha value is -0.780.